The lowest BCUT2D eigenvalue weighted by molar-refractivity contribution is -0.121. The average Bonchev–Trinajstić information content (AvgIpc) is 2.59. The Hall–Kier alpha value is -2.53. The van der Waals surface area contributed by atoms with Crippen molar-refractivity contribution in [2.75, 3.05) is 14.2 Å². The zero-order chi connectivity index (χ0) is 17.5. The third kappa shape index (κ3) is 4.73. The van der Waals surface area contributed by atoms with Crippen molar-refractivity contribution in [2.45, 2.75) is 25.4 Å². The Balaban J connectivity index is 2.37. The van der Waals surface area contributed by atoms with E-state index >= 15 is 0 Å². The van der Waals surface area contributed by atoms with Crippen LogP contribution in [0, 0.1) is 0 Å². The molecule has 5 heteroatoms. The monoisotopic (exact) mass is 328 g/mol. The molecule has 0 saturated heterocycles. The Morgan fingerprint density at radius 1 is 1.04 bits per heavy atom. The van der Waals surface area contributed by atoms with E-state index in [0.29, 0.717) is 0 Å². The second-order valence-electron chi connectivity index (χ2n) is 5.74. The van der Waals surface area contributed by atoms with Crippen LogP contribution in [0.5, 0.6) is 11.5 Å². The smallest absolute Gasteiger partial charge is 0.222 e. The Morgan fingerprint density at radius 2 is 1.54 bits per heavy atom. The van der Waals surface area contributed by atoms with Gasteiger partial charge in [0.15, 0.2) is 0 Å². The second kappa shape index (κ2) is 8.36. The average molecular weight is 328 g/mol. The molecule has 1 atom stereocenters. The maximum absolute atomic E-state index is 12.3. The van der Waals surface area contributed by atoms with Gasteiger partial charge in [0.1, 0.15) is 11.5 Å². The minimum Gasteiger partial charge on any atom is -0.497 e. The molecule has 0 radical (unpaired) electrons. The van der Waals surface area contributed by atoms with Crippen molar-refractivity contribution in [3.05, 3.63) is 59.7 Å². The molecule has 128 valence electrons. The fourth-order valence-electron chi connectivity index (χ4n) is 2.51. The number of nitrogens with one attached hydrogen (secondary N) is 1. The lowest BCUT2D eigenvalue weighted by atomic mass is 9.97. The van der Waals surface area contributed by atoms with E-state index in [1.165, 1.54) is 0 Å². The topological polar surface area (TPSA) is 73.6 Å². The zero-order valence-electron chi connectivity index (χ0n) is 14.3. The number of hydrogen-bond acceptors (Lipinski definition) is 4. The quantitative estimate of drug-likeness (QED) is 0.819. The first-order chi connectivity index (χ1) is 11.5. The highest BCUT2D eigenvalue weighted by molar-refractivity contribution is 5.77. The normalized spacial score (nSPS) is 11.9. The van der Waals surface area contributed by atoms with Gasteiger partial charge in [0.2, 0.25) is 5.91 Å². The molecule has 5 nitrogen and oxygen atoms in total. The first-order valence-electron chi connectivity index (χ1n) is 7.86. The van der Waals surface area contributed by atoms with Crippen LogP contribution in [-0.4, -0.2) is 26.2 Å². The molecule has 2 aromatic rings. The fourth-order valence-corrected chi connectivity index (χ4v) is 2.51. The molecule has 0 heterocycles. The van der Waals surface area contributed by atoms with Gasteiger partial charge in [-0.15, -0.1) is 0 Å². The van der Waals surface area contributed by atoms with Gasteiger partial charge in [-0.05, 0) is 42.3 Å². The van der Waals surface area contributed by atoms with Crippen molar-refractivity contribution in [1.29, 1.82) is 0 Å². The highest BCUT2D eigenvalue weighted by Crippen LogP contribution is 2.27. The minimum atomic E-state index is -0.304. The van der Waals surface area contributed by atoms with E-state index in [-0.39, 0.29) is 24.4 Å². The molecular weight excluding hydrogens is 304 g/mol. The van der Waals surface area contributed by atoms with E-state index in [4.69, 9.17) is 15.2 Å². The molecule has 2 aromatic carbocycles. The number of nitrogens with two attached hydrogens (primary N) is 1. The van der Waals surface area contributed by atoms with Crippen LogP contribution < -0.4 is 20.5 Å². The summed E-state index contributed by atoms with van der Waals surface area (Å²) >= 11 is 0. The van der Waals surface area contributed by atoms with Gasteiger partial charge < -0.3 is 20.5 Å². The van der Waals surface area contributed by atoms with Gasteiger partial charge in [-0.3, -0.25) is 4.79 Å². The van der Waals surface area contributed by atoms with E-state index in [2.05, 4.69) is 5.32 Å². The van der Waals surface area contributed by atoms with E-state index in [9.17, 15) is 4.79 Å². The highest BCUT2D eigenvalue weighted by atomic mass is 16.5. The van der Waals surface area contributed by atoms with E-state index in [0.717, 1.165) is 22.6 Å². The van der Waals surface area contributed by atoms with Crippen LogP contribution in [0.25, 0.3) is 0 Å². The number of amides is 1. The van der Waals surface area contributed by atoms with Crippen LogP contribution >= 0.6 is 0 Å². The Bertz CT molecular complexity index is 638. The predicted molar refractivity (Wildman–Crippen MR) is 94.2 cm³/mol. The van der Waals surface area contributed by atoms with Crippen molar-refractivity contribution in [1.82, 2.24) is 5.32 Å². The van der Waals surface area contributed by atoms with Crippen molar-refractivity contribution < 1.29 is 14.3 Å². The van der Waals surface area contributed by atoms with Gasteiger partial charge in [0.25, 0.3) is 0 Å². The third-order valence-corrected chi connectivity index (χ3v) is 3.67. The molecule has 24 heavy (non-hydrogen) atoms. The number of ether oxygens (including phenoxy) is 2. The molecule has 0 spiro atoms. The van der Waals surface area contributed by atoms with Crippen LogP contribution in [0.4, 0.5) is 0 Å². The van der Waals surface area contributed by atoms with Crippen LogP contribution in [0.2, 0.25) is 0 Å². The molecule has 0 aliphatic heterocycles. The maximum atomic E-state index is 12.3. The van der Waals surface area contributed by atoms with Gasteiger partial charge in [-0.2, -0.15) is 0 Å². The Kier molecular flexibility index (Phi) is 6.21. The number of hydrogen-bond donors (Lipinski definition) is 2. The Morgan fingerprint density at radius 3 is 1.96 bits per heavy atom. The summed E-state index contributed by atoms with van der Waals surface area (Å²) in [5.41, 5.74) is 7.60. The van der Waals surface area contributed by atoms with Crippen molar-refractivity contribution in [2.24, 2.45) is 5.73 Å². The summed E-state index contributed by atoms with van der Waals surface area (Å²) in [6, 6.07) is 14.8. The maximum Gasteiger partial charge on any atom is 0.222 e. The van der Waals surface area contributed by atoms with Crippen molar-refractivity contribution >= 4 is 5.91 Å². The molecule has 0 bridgehead atoms. The molecule has 1 amide bonds. The Labute approximate surface area is 142 Å². The number of methoxy groups -OCH3 is 2. The summed E-state index contributed by atoms with van der Waals surface area (Å²) in [6.07, 6.45) is 0.268. The molecule has 0 saturated carbocycles. The first kappa shape index (κ1) is 17.8. The molecule has 1 unspecified atom stereocenters. The lowest BCUT2D eigenvalue weighted by Crippen LogP contribution is -2.33. The van der Waals surface area contributed by atoms with Crippen LogP contribution in [0.15, 0.2) is 48.5 Å². The van der Waals surface area contributed by atoms with Crippen molar-refractivity contribution in [3.63, 3.8) is 0 Å². The second-order valence-corrected chi connectivity index (χ2v) is 5.74. The predicted octanol–water partition coefficient (Wildman–Crippen LogP) is 2.65. The van der Waals surface area contributed by atoms with E-state index < -0.39 is 0 Å². The van der Waals surface area contributed by atoms with E-state index in [1.807, 2.05) is 55.5 Å². The lowest BCUT2D eigenvalue weighted by Gasteiger charge is -2.21. The number of carbonyl (C=O) groups excluding carboxylic acids is 1. The minimum absolute atomic E-state index is 0.0966. The first-order valence-corrected chi connectivity index (χ1v) is 7.86. The van der Waals surface area contributed by atoms with Gasteiger partial charge in [0, 0.05) is 12.5 Å². The van der Waals surface area contributed by atoms with Crippen LogP contribution in [-0.2, 0) is 4.79 Å². The summed E-state index contributed by atoms with van der Waals surface area (Å²) in [5.74, 6) is 1.38. The van der Waals surface area contributed by atoms with Crippen LogP contribution in [0.1, 0.15) is 30.5 Å². The summed E-state index contributed by atoms with van der Waals surface area (Å²) in [7, 11) is 3.24. The SMILES string of the molecule is COc1cccc(C(NC(=O)CC(C)N)c2cccc(OC)c2)c1. The third-order valence-electron chi connectivity index (χ3n) is 3.67. The summed E-state index contributed by atoms with van der Waals surface area (Å²) in [4.78, 5) is 12.3. The molecular formula is C19H24N2O3. The fraction of sp³-hybridized carbons (Fsp3) is 0.316. The van der Waals surface area contributed by atoms with E-state index in [1.54, 1.807) is 14.2 Å². The van der Waals surface area contributed by atoms with Crippen molar-refractivity contribution in [3.8, 4) is 11.5 Å². The summed E-state index contributed by atoms with van der Waals surface area (Å²) in [5, 5.41) is 3.05. The van der Waals surface area contributed by atoms with Gasteiger partial charge in [-0.1, -0.05) is 24.3 Å². The molecule has 3 N–H and O–H groups in total. The number of benzene rings is 2. The number of carbonyl (C=O) groups is 1. The summed E-state index contributed by atoms with van der Waals surface area (Å²) in [6.45, 7) is 1.81. The molecule has 0 aromatic heterocycles. The molecule has 2 rings (SSSR count). The van der Waals surface area contributed by atoms with Crippen LogP contribution in [0.3, 0.4) is 0 Å². The summed E-state index contributed by atoms with van der Waals surface area (Å²) < 4.78 is 10.6. The largest absolute Gasteiger partial charge is 0.497 e. The molecule has 0 aliphatic carbocycles. The number of rotatable bonds is 7. The molecule has 0 aliphatic rings. The van der Waals surface area contributed by atoms with Gasteiger partial charge >= 0.3 is 0 Å². The molecule has 0 fully saturated rings. The van der Waals surface area contributed by atoms with Gasteiger partial charge in [-0.25, -0.2) is 0 Å². The standard InChI is InChI=1S/C19H24N2O3/c1-13(20)10-18(22)21-19(14-6-4-8-16(11-14)23-2)15-7-5-9-17(12-15)24-3/h4-9,11-13,19H,10,20H2,1-3H3,(H,21,22). The highest BCUT2D eigenvalue weighted by Gasteiger charge is 2.18. The van der Waals surface area contributed by atoms with Gasteiger partial charge in [0.05, 0.1) is 20.3 Å². The zero-order valence-corrected chi connectivity index (χ0v) is 14.3.